The van der Waals surface area contributed by atoms with Gasteiger partial charge in [-0.15, -0.1) is 0 Å². The molecule has 7 rings (SSSR count). The Morgan fingerprint density at radius 3 is 2.76 bits per heavy atom. The molecule has 0 bridgehead atoms. The smallest absolute Gasteiger partial charge is 0.296 e. The first-order valence-corrected chi connectivity index (χ1v) is 13.0. The van der Waals surface area contributed by atoms with Gasteiger partial charge >= 0.3 is 0 Å². The minimum atomic E-state index is -0.652. The fourth-order valence-corrected chi connectivity index (χ4v) is 6.01. The molecule has 0 radical (unpaired) electrons. The van der Waals surface area contributed by atoms with E-state index in [1.807, 2.05) is 13.0 Å². The number of aromatic nitrogens is 5. The summed E-state index contributed by atoms with van der Waals surface area (Å²) in [6.07, 6.45) is 3.75. The van der Waals surface area contributed by atoms with Gasteiger partial charge in [0.05, 0.1) is 29.4 Å². The minimum absolute atomic E-state index is 0.0380. The van der Waals surface area contributed by atoms with E-state index < -0.39 is 6.10 Å². The van der Waals surface area contributed by atoms with Crippen molar-refractivity contribution in [3.63, 3.8) is 0 Å². The molecule has 1 aromatic carbocycles. The molecule has 9 nitrogen and oxygen atoms in total. The van der Waals surface area contributed by atoms with Crippen LogP contribution in [0.2, 0.25) is 5.02 Å². The predicted molar refractivity (Wildman–Crippen MR) is 136 cm³/mol. The molecule has 2 saturated heterocycles. The summed E-state index contributed by atoms with van der Waals surface area (Å²) >= 11 is 6.61. The van der Waals surface area contributed by atoms with Gasteiger partial charge in [-0.1, -0.05) is 17.7 Å². The molecule has 2 N–H and O–H groups in total. The number of rotatable bonds is 5. The van der Waals surface area contributed by atoms with E-state index in [1.54, 1.807) is 24.5 Å². The van der Waals surface area contributed by atoms with Crippen LogP contribution >= 0.6 is 11.6 Å². The maximum absolute atomic E-state index is 15.4. The van der Waals surface area contributed by atoms with E-state index in [9.17, 15) is 5.11 Å². The van der Waals surface area contributed by atoms with Crippen molar-refractivity contribution in [1.82, 2.24) is 24.9 Å². The Bertz CT molecular complexity index is 1530. The standard InChI is InChI=1S/C27H25ClFN5O4/c1-12-30-8-16(9-31-12)15-4-13-2-3-14(23(13)18(29)5-15)6-19-17(28)7-20-26(32-19)34-27(33-20)38-22-11-37-24-21(35)10-36-25(22)24/h4-5,7-9,14,21-22,24-25,35H,2-3,6,10-11H2,1H3,(H,32,33,34)/t14-,21-,22-,24-,25-/m1/s1. The molecule has 5 heterocycles. The second-order valence-electron chi connectivity index (χ2n) is 10.1. The average Bonchev–Trinajstić information content (AvgIpc) is 3.66. The molecule has 4 aromatic rings. The number of aromatic amines is 1. The molecule has 3 aromatic heterocycles. The Kier molecular flexibility index (Phi) is 5.81. The number of aliphatic hydroxyl groups excluding tert-OH is 1. The zero-order valence-electron chi connectivity index (χ0n) is 20.5. The summed E-state index contributed by atoms with van der Waals surface area (Å²) in [7, 11) is 0. The van der Waals surface area contributed by atoms with Crippen molar-refractivity contribution in [3.05, 3.63) is 64.1 Å². The lowest BCUT2D eigenvalue weighted by Gasteiger charge is -2.15. The van der Waals surface area contributed by atoms with Crippen LogP contribution in [-0.2, 0) is 22.3 Å². The third kappa shape index (κ3) is 4.12. The van der Waals surface area contributed by atoms with E-state index in [1.165, 1.54) is 0 Å². The maximum atomic E-state index is 15.4. The number of nitrogens with one attached hydrogen (secondary N) is 1. The lowest BCUT2D eigenvalue weighted by Crippen LogP contribution is -2.34. The molecule has 5 atom stereocenters. The van der Waals surface area contributed by atoms with Crippen LogP contribution in [0.5, 0.6) is 6.01 Å². The Labute approximate surface area is 222 Å². The van der Waals surface area contributed by atoms with Crippen molar-refractivity contribution in [3.8, 4) is 17.1 Å². The highest BCUT2D eigenvalue weighted by Crippen LogP contribution is 2.40. The van der Waals surface area contributed by atoms with Crippen molar-refractivity contribution >= 4 is 22.8 Å². The molecule has 0 amide bonds. The van der Waals surface area contributed by atoms with Gasteiger partial charge in [-0.3, -0.25) is 0 Å². The summed E-state index contributed by atoms with van der Waals surface area (Å²) in [4.78, 5) is 20.8. The fraction of sp³-hybridized carbons (Fsp3) is 0.407. The highest BCUT2D eigenvalue weighted by Gasteiger charge is 2.48. The number of H-pyrrole nitrogens is 1. The molecule has 0 spiro atoms. The Morgan fingerprint density at radius 1 is 1.11 bits per heavy atom. The average molecular weight is 538 g/mol. The molecule has 38 heavy (non-hydrogen) atoms. The number of ether oxygens (including phenoxy) is 3. The fourth-order valence-electron chi connectivity index (χ4n) is 5.78. The highest BCUT2D eigenvalue weighted by molar-refractivity contribution is 6.31. The number of hydrogen-bond donors (Lipinski definition) is 2. The van der Waals surface area contributed by atoms with Crippen LogP contribution < -0.4 is 4.74 Å². The second kappa shape index (κ2) is 9.23. The molecular weight excluding hydrogens is 513 g/mol. The van der Waals surface area contributed by atoms with Gasteiger partial charge < -0.3 is 24.3 Å². The Balaban J connectivity index is 1.11. The molecule has 0 unspecified atom stereocenters. The summed E-state index contributed by atoms with van der Waals surface area (Å²) in [6, 6.07) is 5.65. The number of nitrogens with zero attached hydrogens (tertiary/aromatic N) is 4. The number of imidazole rings is 1. The van der Waals surface area contributed by atoms with Gasteiger partial charge in [0.15, 0.2) is 11.8 Å². The largest absolute Gasteiger partial charge is 0.456 e. The van der Waals surface area contributed by atoms with Crippen LogP contribution in [0, 0.1) is 12.7 Å². The Morgan fingerprint density at radius 2 is 1.92 bits per heavy atom. The second-order valence-corrected chi connectivity index (χ2v) is 10.5. The third-order valence-electron chi connectivity index (χ3n) is 7.66. The van der Waals surface area contributed by atoms with Gasteiger partial charge in [-0.25, -0.2) is 19.3 Å². The zero-order chi connectivity index (χ0) is 26.0. The van der Waals surface area contributed by atoms with Gasteiger partial charge in [0.2, 0.25) is 0 Å². The minimum Gasteiger partial charge on any atom is -0.456 e. The van der Waals surface area contributed by atoms with Gasteiger partial charge in [0.25, 0.3) is 6.01 Å². The summed E-state index contributed by atoms with van der Waals surface area (Å²) < 4.78 is 32.6. The highest BCUT2D eigenvalue weighted by atomic mass is 35.5. The quantitative estimate of drug-likeness (QED) is 0.396. The number of aliphatic hydroxyl groups is 1. The summed E-state index contributed by atoms with van der Waals surface area (Å²) in [6.45, 7) is 2.34. The maximum Gasteiger partial charge on any atom is 0.296 e. The van der Waals surface area contributed by atoms with Crippen molar-refractivity contribution < 1.29 is 23.7 Å². The Hall–Kier alpha value is -3.18. The first-order chi connectivity index (χ1) is 18.4. The van der Waals surface area contributed by atoms with Crippen LogP contribution in [0.3, 0.4) is 0 Å². The first kappa shape index (κ1) is 23.9. The number of pyridine rings is 1. The molecule has 2 fully saturated rings. The lowest BCUT2D eigenvalue weighted by atomic mass is 9.93. The van der Waals surface area contributed by atoms with Crippen molar-refractivity contribution in [2.45, 2.75) is 56.5 Å². The molecule has 196 valence electrons. The lowest BCUT2D eigenvalue weighted by molar-refractivity contribution is 0.00706. The number of halogens is 2. The van der Waals surface area contributed by atoms with Gasteiger partial charge in [0, 0.05) is 18.0 Å². The SMILES string of the molecule is Cc1ncc(-c2cc(F)c3c(c2)CC[C@@H]3Cc2nc3nc(O[C@@H]4CO[C@H]5[C@@H]4OC[C@H]5O)[nH]c3cc2Cl)cn1. The van der Waals surface area contributed by atoms with E-state index >= 15 is 4.39 Å². The van der Waals surface area contributed by atoms with Crippen LogP contribution in [0.1, 0.15) is 35.0 Å². The van der Waals surface area contributed by atoms with Gasteiger partial charge in [-0.2, -0.15) is 4.98 Å². The molecule has 2 aliphatic heterocycles. The number of benzene rings is 1. The number of hydrogen-bond acceptors (Lipinski definition) is 8. The van der Waals surface area contributed by atoms with Crippen molar-refractivity contribution in [2.24, 2.45) is 0 Å². The van der Waals surface area contributed by atoms with E-state index in [0.29, 0.717) is 40.7 Å². The van der Waals surface area contributed by atoms with Crippen LogP contribution in [0.25, 0.3) is 22.3 Å². The van der Waals surface area contributed by atoms with Gasteiger partial charge in [0.1, 0.15) is 30.0 Å². The topological polar surface area (TPSA) is 115 Å². The monoisotopic (exact) mass is 537 g/mol. The molecular formula is C27H25ClFN5O4. The normalized spacial score (nSPS) is 26.2. The number of fused-ring (bicyclic) bond motifs is 3. The van der Waals surface area contributed by atoms with Crippen LogP contribution in [0.15, 0.2) is 30.6 Å². The number of aryl methyl sites for hydroxylation is 2. The van der Waals surface area contributed by atoms with E-state index in [4.69, 9.17) is 30.8 Å². The zero-order valence-corrected chi connectivity index (χ0v) is 21.3. The molecule has 3 aliphatic rings. The molecule has 1 aliphatic carbocycles. The van der Waals surface area contributed by atoms with E-state index in [0.717, 1.165) is 35.1 Å². The van der Waals surface area contributed by atoms with Crippen LogP contribution in [-0.4, -0.2) is 67.7 Å². The van der Waals surface area contributed by atoms with Gasteiger partial charge in [-0.05, 0) is 60.9 Å². The van der Waals surface area contributed by atoms with Crippen molar-refractivity contribution in [2.75, 3.05) is 13.2 Å². The summed E-state index contributed by atoms with van der Waals surface area (Å²) in [5, 5.41) is 10.4. The van der Waals surface area contributed by atoms with E-state index in [2.05, 4.69) is 19.9 Å². The molecule has 11 heteroatoms. The van der Waals surface area contributed by atoms with Crippen LogP contribution in [0.4, 0.5) is 4.39 Å². The van der Waals surface area contributed by atoms with E-state index in [-0.39, 0.29) is 42.7 Å². The first-order valence-electron chi connectivity index (χ1n) is 12.7. The summed E-state index contributed by atoms with van der Waals surface area (Å²) in [5.74, 6) is 0.407. The third-order valence-corrected chi connectivity index (χ3v) is 7.99. The molecule has 0 saturated carbocycles. The predicted octanol–water partition coefficient (Wildman–Crippen LogP) is 3.69. The van der Waals surface area contributed by atoms with Crippen molar-refractivity contribution in [1.29, 1.82) is 0 Å². The summed E-state index contributed by atoms with van der Waals surface area (Å²) in [5.41, 5.74) is 5.06.